The van der Waals surface area contributed by atoms with Gasteiger partial charge in [-0.05, 0) is 55.5 Å². The molecule has 2 heterocycles. The zero-order chi connectivity index (χ0) is 34.5. The number of likely N-dealkylation sites (tertiary alicyclic amines) is 1. The third-order valence-corrected chi connectivity index (χ3v) is 8.62. The lowest BCUT2D eigenvalue weighted by molar-refractivity contribution is -0.384. The Bertz CT molecular complexity index is 1740. The topological polar surface area (TPSA) is 116 Å². The van der Waals surface area contributed by atoms with Crippen molar-refractivity contribution in [1.82, 2.24) is 9.47 Å². The lowest BCUT2D eigenvalue weighted by Crippen LogP contribution is -2.53. The summed E-state index contributed by atoms with van der Waals surface area (Å²) in [7, 11) is 1.51. The number of aromatic nitrogens is 1. The van der Waals surface area contributed by atoms with Gasteiger partial charge in [0.2, 0.25) is 5.60 Å². The number of non-ortho nitro benzene ring substituents is 1. The van der Waals surface area contributed by atoms with Crippen LogP contribution >= 0.6 is 0 Å². The highest BCUT2D eigenvalue weighted by Gasteiger charge is 2.57. The van der Waals surface area contributed by atoms with Gasteiger partial charge in [-0.1, -0.05) is 36.4 Å². The van der Waals surface area contributed by atoms with Crippen LogP contribution in [-0.4, -0.2) is 71.1 Å². The molecular formula is C35H38F3N3O7. The SMILES string of the molecule is CCOC(=O)CCc1ccc(OC2CCN(CC(O)(c3cn(Cc4ccccc4)c4cc([N+](=O)[O-])ccc34)C(F)(F)F)CC2)c(OC)c1. The van der Waals surface area contributed by atoms with Crippen molar-refractivity contribution >= 4 is 22.6 Å². The van der Waals surface area contributed by atoms with Crippen LogP contribution in [0.25, 0.3) is 10.9 Å². The van der Waals surface area contributed by atoms with Crippen molar-refractivity contribution in [3.63, 3.8) is 0 Å². The van der Waals surface area contributed by atoms with E-state index in [1.54, 1.807) is 48.2 Å². The number of esters is 1. The number of nitrogens with zero attached hydrogens (tertiary/aromatic N) is 3. The molecule has 10 nitrogen and oxygen atoms in total. The number of alkyl halides is 3. The van der Waals surface area contributed by atoms with Crippen molar-refractivity contribution in [2.45, 2.75) is 57.0 Å². The van der Waals surface area contributed by atoms with Gasteiger partial charge in [0.1, 0.15) is 6.10 Å². The van der Waals surface area contributed by atoms with Crippen LogP contribution in [0.5, 0.6) is 11.5 Å². The van der Waals surface area contributed by atoms with Crippen LogP contribution in [0, 0.1) is 10.1 Å². The van der Waals surface area contributed by atoms with Gasteiger partial charge in [-0.2, -0.15) is 13.2 Å². The predicted octanol–water partition coefficient (Wildman–Crippen LogP) is 6.40. The van der Waals surface area contributed by atoms with Gasteiger partial charge in [-0.15, -0.1) is 0 Å². The molecule has 1 aliphatic rings. The number of piperidine rings is 1. The summed E-state index contributed by atoms with van der Waals surface area (Å²) in [4.78, 5) is 24.2. The summed E-state index contributed by atoms with van der Waals surface area (Å²) in [6, 6.07) is 18.1. The van der Waals surface area contributed by atoms with E-state index in [0.29, 0.717) is 37.4 Å². The molecule has 256 valence electrons. The molecule has 0 radical (unpaired) electrons. The molecule has 0 saturated carbocycles. The zero-order valence-corrected chi connectivity index (χ0v) is 26.7. The number of ether oxygens (including phenoxy) is 3. The van der Waals surface area contributed by atoms with Crippen molar-refractivity contribution < 1.29 is 42.2 Å². The molecule has 13 heteroatoms. The van der Waals surface area contributed by atoms with E-state index in [1.807, 2.05) is 12.1 Å². The standard InChI is InChI=1S/C35H38F3N3O7/c1-3-47-33(42)14-10-24-9-13-31(32(19-24)46-2)48-27-15-17-39(18-16-27)23-34(43,35(36,37)38)29-22-40(21-25-7-5-4-6-8-25)30-20-26(41(44)45)11-12-28(29)30/h4-9,11-13,19-20,22,27,43H,3,10,14-18,21,23H2,1-2H3. The largest absolute Gasteiger partial charge is 0.493 e. The van der Waals surface area contributed by atoms with Crippen molar-refractivity contribution in [1.29, 1.82) is 0 Å². The van der Waals surface area contributed by atoms with Crippen LogP contribution in [0.3, 0.4) is 0 Å². The molecule has 1 aliphatic heterocycles. The summed E-state index contributed by atoms with van der Waals surface area (Å²) >= 11 is 0. The summed E-state index contributed by atoms with van der Waals surface area (Å²) in [5.41, 5.74) is -2.00. The maximum Gasteiger partial charge on any atom is 0.422 e. The Kier molecular flexibility index (Phi) is 10.6. The monoisotopic (exact) mass is 669 g/mol. The molecule has 0 aliphatic carbocycles. The third kappa shape index (κ3) is 7.74. The average molecular weight is 670 g/mol. The summed E-state index contributed by atoms with van der Waals surface area (Å²) in [6.45, 7) is 1.97. The van der Waals surface area contributed by atoms with Crippen LogP contribution in [0.15, 0.2) is 72.9 Å². The summed E-state index contributed by atoms with van der Waals surface area (Å²) < 4.78 is 62.8. The first-order valence-corrected chi connectivity index (χ1v) is 15.7. The van der Waals surface area contributed by atoms with E-state index in [-0.39, 0.29) is 60.3 Å². The number of aryl methyl sites for hydroxylation is 1. The summed E-state index contributed by atoms with van der Waals surface area (Å²) in [6.07, 6.45) is -2.57. The second kappa shape index (κ2) is 14.7. The number of hydrogen-bond donors (Lipinski definition) is 1. The van der Waals surface area contributed by atoms with Gasteiger partial charge < -0.3 is 23.9 Å². The van der Waals surface area contributed by atoms with Gasteiger partial charge >= 0.3 is 12.1 Å². The fraction of sp³-hybridized carbons (Fsp3) is 0.400. The van der Waals surface area contributed by atoms with Gasteiger partial charge in [0.05, 0.1) is 24.2 Å². The smallest absolute Gasteiger partial charge is 0.422 e. The lowest BCUT2D eigenvalue weighted by atomic mass is 9.91. The predicted molar refractivity (Wildman–Crippen MR) is 172 cm³/mol. The molecule has 1 saturated heterocycles. The molecule has 48 heavy (non-hydrogen) atoms. The van der Waals surface area contributed by atoms with Gasteiger partial charge in [-0.25, -0.2) is 0 Å². The van der Waals surface area contributed by atoms with E-state index >= 15 is 0 Å². The molecule has 0 spiro atoms. The highest BCUT2D eigenvalue weighted by atomic mass is 19.4. The van der Waals surface area contributed by atoms with Crippen molar-refractivity contribution in [3.8, 4) is 11.5 Å². The Hall–Kier alpha value is -4.62. The number of carbonyl (C=O) groups is 1. The summed E-state index contributed by atoms with van der Waals surface area (Å²) in [5.74, 6) is 0.684. The second-order valence-corrected chi connectivity index (χ2v) is 11.9. The molecular weight excluding hydrogens is 631 g/mol. The third-order valence-electron chi connectivity index (χ3n) is 8.62. The highest BCUT2D eigenvalue weighted by molar-refractivity contribution is 5.87. The molecule has 0 bridgehead atoms. The fourth-order valence-electron chi connectivity index (χ4n) is 6.09. The first kappa shape index (κ1) is 34.7. The number of methoxy groups -OCH3 is 1. The van der Waals surface area contributed by atoms with E-state index in [2.05, 4.69) is 0 Å². The number of benzene rings is 3. The zero-order valence-electron chi connectivity index (χ0n) is 26.7. The first-order chi connectivity index (χ1) is 22.9. The van der Waals surface area contributed by atoms with Crippen LogP contribution < -0.4 is 9.47 Å². The highest BCUT2D eigenvalue weighted by Crippen LogP contribution is 2.44. The van der Waals surface area contributed by atoms with Gasteiger partial charge in [-0.3, -0.25) is 19.8 Å². The lowest BCUT2D eigenvalue weighted by Gasteiger charge is -2.39. The number of carbonyl (C=O) groups excluding carboxylic acids is 1. The van der Waals surface area contributed by atoms with E-state index in [4.69, 9.17) is 14.2 Å². The number of β-amino-alcohol motifs (C(OH)–C–C–N with tert-alkyl or cyclic N) is 1. The molecule has 3 aromatic carbocycles. The number of nitro benzene ring substituents is 1. The Morgan fingerprint density at radius 1 is 1.02 bits per heavy atom. The van der Waals surface area contributed by atoms with Crippen LogP contribution in [0.2, 0.25) is 0 Å². The van der Waals surface area contributed by atoms with Crippen LogP contribution in [0.1, 0.15) is 42.9 Å². The number of aliphatic hydroxyl groups is 1. The van der Waals surface area contributed by atoms with Crippen molar-refractivity contribution in [2.24, 2.45) is 0 Å². The van der Waals surface area contributed by atoms with Gasteiger partial charge in [0.25, 0.3) is 5.69 Å². The minimum absolute atomic E-state index is 0.0902. The molecule has 5 rings (SSSR count). The maximum absolute atomic E-state index is 14.9. The molecule has 0 amide bonds. The number of fused-ring (bicyclic) bond motifs is 1. The molecule has 1 fully saturated rings. The van der Waals surface area contributed by atoms with Crippen LogP contribution in [-0.2, 0) is 28.1 Å². The Morgan fingerprint density at radius 2 is 1.75 bits per heavy atom. The quantitative estimate of drug-likeness (QED) is 0.0989. The normalized spacial score (nSPS) is 15.6. The molecule has 4 aromatic rings. The first-order valence-electron chi connectivity index (χ1n) is 15.7. The second-order valence-electron chi connectivity index (χ2n) is 11.9. The number of hydrogen-bond acceptors (Lipinski definition) is 8. The average Bonchev–Trinajstić information content (AvgIpc) is 3.43. The molecule has 1 N–H and O–H groups in total. The van der Waals surface area contributed by atoms with E-state index in [9.17, 15) is 33.2 Å². The van der Waals surface area contributed by atoms with Crippen molar-refractivity contribution in [2.75, 3.05) is 33.4 Å². The van der Waals surface area contributed by atoms with E-state index in [0.717, 1.165) is 17.2 Å². The molecule has 1 atom stereocenters. The number of nitro groups is 1. The summed E-state index contributed by atoms with van der Waals surface area (Å²) in [5, 5.41) is 23.2. The number of rotatable bonds is 13. The number of halogens is 3. The van der Waals surface area contributed by atoms with Gasteiger partial charge in [0.15, 0.2) is 11.5 Å². The minimum atomic E-state index is -5.05. The Morgan fingerprint density at radius 3 is 2.40 bits per heavy atom. The van der Waals surface area contributed by atoms with E-state index < -0.39 is 23.2 Å². The molecule has 1 unspecified atom stereocenters. The minimum Gasteiger partial charge on any atom is -0.493 e. The molecule has 1 aromatic heterocycles. The van der Waals surface area contributed by atoms with Crippen molar-refractivity contribution in [3.05, 3.63) is 99.7 Å². The fourth-order valence-corrected chi connectivity index (χ4v) is 6.09. The van der Waals surface area contributed by atoms with E-state index in [1.165, 1.54) is 30.0 Å². The van der Waals surface area contributed by atoms with Gasteiger partial charge in [0, 0.05) is 61.9 Å². The Labute approximate surface area is 275 Å². The maximum atomic E-state index is 14.9. The Balaban J connectivity index is 1.32. The van der Waals surface area contributed by atoms with Crippen LogP contribution in [0.4, 0.5) is 18.9 Å².